The van der Waals surface area contributed by atoms with E-state index in [1.54, 1.807) is 7.11 Å². The number of halogens is 1. The Balaban J connectivity index is 1.88. The highest BCUT2D eigenvalue weighted by atomic mass is 79.9. The van der Waals surface area contributed by atoms with Crippen LogP contribution in [-0.4, -0.2) is 40.1 Å². The van der Waals surface area contributed by atoms with Gasteiger partial charge in [-0.05, 0) is 30.7 Å². The van der Waals surface area contributed by atoms with Gasteiger partial charge in [0.2, 0.25) is 5.91 Å². The van der Waals surface area contributed by atoms with Crippen LogP contribution in [0.5, 0.6) is 0 Å². The van der Waals surface area contributed by atoms with Gasteiger partial charge in [-0.3, -0.25) is 9.36 Å². The number of aromatic nitrogens is 3. The summed E-state index contributed by atoms with van der Waals surface area (Å²) in [6.07, 6.45) is 0.703. The summed E-state index contributed by atoms with van der Waals surface area (Å²) in [5.74, 6) is 0.0150. The van der Waals surface area contributed by atoms with Crippen LogP contribution in [0.4, 0.5) is 5.69 Å². The molecule has 0 aliphatic rings. The molecule has 0 aliphatic carbocycles. The summed E-state index contributed by atoms with van der Waals surface area (Å²) in [5, 5.41) is 9.64. The first-order chi connectivity index (χ1) is 11.1. The molecule has 0 atom stereocenters. The Hall–Kier alpha value is -1.58. The van der Waals surface area contributed by atoms with Crippen LogP contribution in [0.2, 0.25) is 0 Å². The first kappa shape index (κ1) is 17.8. The van der Waals surface area contributed by atoms with E-state index >= 15 is 0 Å². The number of ether oxygens (including phenoxy) is 1. The summed E-state index contributed by atoms with van der Waals surface area (Å²) in [6.45, 7) is 1.06. The van der Waals surface area contributed by atoms with Crippen LogP contribution in [-0.2, 0) is 16.1 Å². The third-order valence-electron chi connectivity index (χ3n) is 2.91. The molecule has 1 amide bonds. The highest BCUT2D eigenvalue weighted by Gasteiger charge is 2.11. The van der Waals surface area contributed by atoms with Crippen LogP contribution in [0, 0.1) is 0 Å². The van der Waals surface area contributed by atoms with Gasteiger partial charge in [0.05, 0.1) is 5.75 Å². The summed E-state index contributed by atoms with van der Waals surface area (Å²) in [6, 6.07) is 7.32. The maximum atomic E-state index is 12.0. The van der Waals surface area contributed by atoms with Gasteiger partial charge < -0.3 is 10.1 Å². The quantitative estimate of drug-likeness (QED) is 0.523. The Kier molecular flexibility index (Phi) is 6.87. The van der Waals surface area contributed by atoms with Crippen LogP contribution >= 0.6 is 27.7 Å². The zero-order valence-corrected chi connectivity index (χ0v) is 14.9. The number of carbonyl (C=O) groups excluding carboxylic acids is 1. The smallest absolute Gasteiger partial charge is 0.343 e. The zero-order valence-electron chi connectivity index (χ0n) is 12.5. The predicted octanol–water partition coefficient (Wildman–Crippen LogP) is 2.10. The molecule has 124 valence electrons. The highest BCUT2D eigenvalue weighted by molar-refractivity contribution is 9.10. The van der Waals surface area contributed by atoms with Gasteiger partial charge in [0, 0.05) is 30.4 Å². The van der Waals surface area contributed by atoms with Crippen molar-refractivity contribution in [1.82, 2.24) is 14.8 Å². The topological polar surface area (TPSA) is 89.0 Å². The number of carbonyl (C=O) groups is 1. The second-order valence-electron chi connectivity index (χ2n) is 4.65. The molecule has 0 spiro atoms. The molecular formula is C14H17BrN4O3S. The Labute approximate surface area is 145 Å². The van der Waals surface area contributed by atoms with Crippen molar-refractivity contribution >= 4 is 39.3 Å². The minimum Gasteiger partial charge on any atom is -0.385 e. The molecule has 9 heteroatoms. The van der Waals surface area contributed by atoms with Crippen molar-refractivity contribution in [1.29, 1.82) is 0 Å². The molecule has 0 saturated heterocycles. The minimum absolute atomic E-state index is 0.156. The number of hydrogen-bond donors (Lipinski definition) is 2. The van der Waals surface area contributed by atoms with Gasteiger partial charge in [0.15, 0.2) is 5.16 Å². The average Bonchev–Trinajstić information content (AvgIpc) is 2.88. The van der Waals surface area contributed by atoms with Gasteiger partial charge >= 0.3 is 5.69 Å². The highest BCUT2D eigenvalue weighted by Crippen LogP contribution is 2.16. The first-order valence-corrected chi connectivity index (χ1v) is 8.70. The van der Waals surface area contributed by atoms with Crippen molar-refractivity contribution in [3.63, 3.8) is 0 Å². The molecule has 2 N–H and O–H groups in total. The maximum Gasteiger partial charge on any atom is 0.343 e. The Morgan fingerprint density at radius 1 is 1.43 bits per heavy atom. The third-order valence-corrected chi connectivity index (χ3v) is 4.42. The molecule has 0 unspecified atom stereocenters. The first-order valence-electron chi connectivity index (χ1n) is 6.92. The lowest BCUT2D eigenvalue weighted by atomic mass is 10.3. The van der Waals surface area contributed by atoms with Crippen molar-refractivity contribution in [2.45, 2.75) is 18.1 Å². The second kappa shape index (κ2) is 8.90. The molecule has 2 aromatic rings. The molecule has 7 nitrogen and oxygen atoms in total. The standard InChI is InChI=1S/C14H17BrN4O3S/c1-22-8-2-7-19-13(21)17-18-14(19)23-9-12(20)16-11-5-3-10(15)4-6-11/h3-6H,2,7-9H2,1H3,(H,16,20)(H,17,21). The van der Waals surface area contributed by atoms with E-state index in [-0.39, 0.29) is 17.3 Å². The molecular weight excluding hydrogens is 384 g/mol. The van der Waals surface area contributed by atoms with Crippen LogP contribution in [0.25, 0.3) is 0 Å². The summed E-state index contributed by atoms with van der Waals surface area (Å²) >= 11 is 4.55. The maximum absolute atomic E-state index is 12.0. The summed E-state index contributed by atoms with van der Waals surface area (Å²) in [7, 11) is 1.61. The zero-order chi connectivity index (χ0) is 16.7. The van der Waals surface area contributed by atoms with Crippen molar-refractivity contribution in [2.24, 2.45) is 0 Å². The molecule has 1 aromatic carbocycles. The predicted molar refractivity (Wildman–Crippen MR) is 92.8 cm³/mol. The van der Waals surface area contributed by atoms with Crippen LogP contribution in [0.15, 0.2) is 38.7 Å². The van der Waals surface area contributed by atoms with Crippen LogP contribution in [0.1, 0.15) is 6.42 Å². The number of amides is 1. The number of aromatic amines is 1. The van der Waals surface area contributed by atoms with Crippen LogP contribution in [0.3, 0.4) is 0 Å². The van der Waals surface area contributed by atoms with E-state index in [1.165, 1.54) is 16.3 Å². The number of anilines is 1. The molecule has 0 radical (unpaired) electrons. The van der Waals surface area contributed by atoms with Crippen molar-refractivity contribution < 1.29 is 9.53 Å². The van der Waals surface area contributed by atoms with E-state index in [1.807, 2.05) is 24.3 Å². The lowest BCUT2D eigenvalue weighted by Gasteiger charge is -2.06. The van der Waals surface area contributed by atoms with E-state index in [2.05, 4.69) is 31.4 Å². The fourth-order valence-electron chi connectivity index (χ4n) is 1.84. The van der Waals surface area contributed by atoms with E-state index in [0.29, 0.717) is 24.7 Å². The molecule has 0 saturated carbocycles. The number of hydrogen-bond acceptors (Lipinski definition) is 5. The number of nitrogens with one attached hydrogen (secondary N) is 2. The number of methoxy groups -OCH3 is 1. The molecule has 0 aliphatic heterocycles. The summed E-state index contributed by atoms with van der Waals surface area (Å²) in [4.78, 5) is 23.6. The second-order valence-corrected chi connectivity index (χ2v) is 6.51. The number of rotatable bonds is 8. The van der Waals surface area contributed by atoms with Crippen molar-refractivity contribution in [3.05, 3.63) is 39.2 Å². The average molecular weight is 401 g/mol. The van der Waals surface area contributed by atoms with Gasteiger partial charge in [-0.2, -0.15) is 0 Å². The third kappa shape index (κ3) is 5.52. The molecule has 0 fully saturated rings. The largest absolute Gasteiger partial charge is 0.385 e. The molecule has 1 aromatic heterocycles. The number of benzene rings is 1. The van der Waals surface area contributed by atoms with Gasteiger partial charge in [0.25, 0.3) is 0 Å². The minimum atomic E-state index is -0.281. The molecule has 0 bridgehead atoms. The van der Waals surface area contributed by atoms with Gasteiger partial charge in [-0.25, -0.2) is 9.89 Å². The van der Waals surface area contributed by atoms with E-state index in [9.17, 15) is 9.59 Å². The van der Waals surface area contributed by atoms with Crippen molar-refractivity contribution in [2.75, 3.05) is 24.8 Å². The number of nitrogens with zero attached hydrogens (tertiary/aromatic N) is 2. The number of H-pyrrole nitrogens is 1. The SMILES string of the molecule is COCCCn1c(SCC(=O)Nc2ccc(Br)cc2)n[nH]c1=O. The Bertz CT molecular complexity index is 699. The van der Waals surface area contributed by atoms with Gasteiger partial charge in [0.1, 0.15) is 0 Å². The lowest BCUT2D eigenvalue weighted by Crippen LogP contribution is -2.19. The molecule has 1 heterocycles. The normalized spacial score (nSPS) is 10.7. The van der Waals surface area contributed by atoms with Gasteiger partial charge in [-0.15, -0.1) is 5.10 Å². The Morgan fingerprint density at radius 2 is 2.17 bits per heavy atom. The van der Waals surface area contributed by atoms with Gasteiger partial charge in [-0.1, -0.05) is 27.7 Å². The van der Waals surface area contributed by atoms with Crippen molar-refractivity contribution in [3.8, 4) is 0 Å². The molecule has 23 heavy (non-hydrogen) atoms. The fraction of sp³-hybridized carbons (Fsp3) is 0.357. The summed E-state index contributed by atoms with van der Waals surface area (Å²) in [5.41, 5.74) is 0.440. The lowest BCUT2D eigenvalue weighted by molar-refractivity contribution is -0.113. The van der Waals surface area contributed by atoms with E-state index in [4.69, 9.17) is 4.74 Å². The monoisotopic (exact) mass is 400 g/mol. The van der Waals surface area contributed by atoms with Crippen LogP contribution < -0.4 is 11.0 Å². The van der Waals surface area contributed by atoms with E-state index in [0.717, 1.165) is 10.2 Å². The molecule has 2 rings (SSSR count). The fourth-order valence-corrected chi connectivity index (χ4v) is 2.87. The van der Waals surface area contributed by atoms with E-state index < -0.39 is 0 Å². The number of thioether (sulfide) groups is 1. The Morgan fingerprint density at radius 3 is 2.87 bits per heavy atom. The summed E-state index contributed by atoms with van der Waals surface area (Å²) < 4.78 is 7.43.